The number of carbonyl (C=O) groups excluding carboxylic acids is 1. The quantitative estimate of drug-likeness (QED) is 0.616. The number of hydroxylamine groups is 2. The number of rotatable bonds is 5. The molecule has 0 spiro atoms. The molecule has 1 aromatic rings. The van der Waals surface area contributed by atoms with Gasteiger partial charge in [-0.3, -0.25) is 19.7 Å². The molecule has 0 unspecified atom stereocenters. The number of hydrogen-bond acceptors (Lipinski definition) is 4. The van der Waals surface area contributed by atoms with E-state index in [1.165, 1.54) is 25.3 Å². The molecule has 7 heteroatoms. The van der Waals surface area contributed by atoms with Gasteiger partial charge in [-0.2, -0.15) is 0 Å². The highest BCUT2D eigenvalue weighted by molar-refractivity contribution is 6.33. The molecule has 0 radical (unpaired) electrons. The maximum absolute atomic E-state index is 12.2. The van der Waals surface area contributed by atoms with Gasteiger partial charge in [-0.05, 0) is 18.1 Å². The molecule has 0 aliphatic heterocycles. The van der Waals surface area contributed by atoms with E-state index >= 15 is 0 Å². The minimum Gasteiger partial charge on any atom is -0.274 e. The van der Waals surface area contributed by atoms with E-state index in [0.717, 1.165) is 5.06 Å². The topological polar surface area (TPSA) is 72.7 Å². The summed E-state index contributed by atoms with van der Waals surface area (Å²) in [6.45, 7) is 4.15. The Kier molecular flexibility index (Phi) is 5.26. The van der Waals surface area contributed by atoms with Gasteiger partial charge in [0.25, 0.3) is 5.91 Å². The number of hydrogen-bond donors (Lipinski definition) is 0. The van der Waals surface area contributed by atoms with Crippen molar-refractivity contribution in [3.63, 3.8) is 0 Å². The molecular formula is C12H15ClN2O4. The standard InChI is InChI=1S/C12H15ClN2O4/c1-8(2)7-14(19-3)12(16)9-5-4-6-10(13)11(9)15(17)18/h4-6,8H,7H2,1-3H3. The van der Waals surface area contributed by atoms with E-state index in [9.17, 15) is 14.9 Å². The molecule has 0 heterocycles. The average molecular weight is 287 g/mol. The average Bonchev–Trinajstić information content (AvgIpc) is 2.34. The summed E-state index contributed by atoms with van der Waals surface area (Å²) in [5.41, 5.74) is -0.486. The first-order valence-electron chi connectivity index (χ1n) is 5.67. The predicted octanol–water partition coefficient (Wildman–Crippen LogP) is 2.91. The van der Waals surface area contributed by atoms with Crippen LogP contribution in [0.25, 0.3) is 0 Å². The number of halogens is 1. The molecule has 0 atom stereocenters. The summed E-state index contributed by atoms with van der Waals surface area (Å²) in [5.74, 6) is -0.410. The van der Waals surface area contributed by atoms with Gasteiger partial charge in [0, 0.05) is 0 Å². The smallest absolute Gasteiger partial charge is 0.274 e. The first-order chi connectivity index (χ1) is 8.88. The third-order valence-electron chi connectivity index (χ3n) is 2.38. The fourth-order valence-electron chi connectivity index (χ4n) is 1.58. The first kappa shape index (κ1) is 15.4. The second kappa shape index (κ2) is 6.49. The predicted molar refractivity (Wildman–Crippen MR) is 71.0 cm³/mol. The van der Waals surface area contributed by atoms with Crippen LogP contribution >= 0.6 is 11.6 Å². The molecule has 0 saturated carbocycles. The molecule has 6 nitrogen and oxygen atoms in total. The Balaban J connectivity index is 3.18. The van der Waals surface area contributed by atoms with Crippen molar-refractivity contribution in [1.82, 2.24) is 5.06 Å². The number of amides is 1. The van der Waals surface area contributed by atoms with Gasteiger partial charge in [-0.25, -0.2) is 5.06 Å². The van der Waals surface area contributed by atoms with Gasteiger partial charge in [-0.15, -0.1) is 0 Å². The summed E-state index contributed by atoms with van der Waals surface area (Å²) in [6, 6.07) is 4.22. The van der Waals surface area contributed by atoms with Crippen molar-refractivity contribution in [3.05, 3.63) is 38.9 Å². The third-order valence-corrected chi connectivity index (χ3v) is 2.68. The van der Waals surface area contributed by atoms with Crippen molar-refractivity contribution in [2.24, 2.45) is 5.92 Å². The van der Waals surface area contributed by atoms with Gasteiger partial charge < -0.3 is 0 Å². The van der Waals surface area contributed by atoms with Crippen molar-refractivity contribution in [1.29, 1.82) is 0 Å². The van der Waals surface area contributed by atoms with Gasteiger partial charge in [0.05, 0.1) is 18.6 Å². The highest BCUT2D eigenvalue weighted by atomic mass is 35.5. The SMILES string of the molecule is CON(CC(C)C)C(=O)c1cccc(Cl)c1[N+](=O)[O-]. The van der Waals surface area contributed by atoms with Crippen LogP contribution in [-0.4, -0.2) is 29.5 Å². The van der Waals surface area contributed by atoms with Crippen LogP contribution < -0.4 is 0 Å². The minimum absolute atomic E-state index is 0.0727. The van der Waals surface area contributed by atoms with Crippen LogP contribution in [0.3, 0.4) is 0 Å². The molecule has 104 valence electrons. The lowest BCUT2D eigenvalue weighted by Crippen LogP contribution is -2.33. The van der Waals surface area contributed by atoms with Crippen LogP contribution in [0.1, 0.15) is 24.2 Å². The monoisotopic (exact) mass is 286 g/mol. The van der Waals surface area contributed by atoms with Crippen LogP contribution in [0.5, 0.6) is 0 Å². The molecular weight excluding hydrogens is 272 g/mol. The summed E-state index contributed by atoms with van der Waals surface area (Å²) in [5, 5.41) is 12.0. The zero-order valence-corrected chi connectivity index (χ0v) is 11.7. The van der Waals surface area contributed by atoms with Gasteiger partial charge >= 0.3 is 5.69 Å². The van der Waals surface area contributed by atoms with Gasteiger partial charge in [0.2, 0.25) is 0 Å². The summed E-state index contributed by atoms with van der Waals surface area (Å²) in [7, 11) is 1.34. The second-order valence-corrected chi connectivity index (χ2v) is 4.74. The Hall–Kier alpha value is -1.66. The molecule has 0 aromatic heterocycles. The van der Waals surface area contributed by atoms with Crippen LogP contribution in [0.4, 0.5) is 5.69 Å². The van der Waals surface area contributed by atoms with E-state index in [1.54, 1.807) is 0 Å². The zero-order chi connectivity index (χ0) is 14.6. The fourth-order valence-corrected chi connectivity index (χ4v) is 1.82. The minimum atomic E-state index is -0.668. The molecule has 1 rings (SSSR count). The maximum Gasteiger partial charge on any atom is 0.300 e. The molecule has 0 bridgehead atoms. The van der Waals surface area contributed by atoms with Crippen molar-refractivity contribution in [2.45, 2.75) is 13.8 Å². The van der Waals surface area contributed by atoms with Crippen molar-refractivity contribution < 1.29 is 14.6 Å². The second-order valence-electron chi connectivity index (χ2n) is 4.34. The largest absolute Gasteiger partial charge is 0.300 e. The number of nitrogens with zero attached hydrogens (tertiary/aromatic N) is 2. The Labute approximate surface area is 116 Å². The van der Waals surface area contributed by atoms with E-state index < -0.39 is 16.5 Å². The summed E-state index contributed by atoms with van der Waals surface area (Å²) in [6.07, 6.45) is 0. The molecule has 0 aliphatic carbocycles. The van der Waals surface area contributed by atoms with Crippen molar-refractivity contribution >= 4 is 23.2 Å². The van der Waals surface area contributed by atoms with Crippen LogP contribution in [0.15, 0.2) is 18.2 Å². The van der Waals surface area contributed by atoms with Crippen LogP contribution in [0, 0.1) is 16.0 Å². The zero-order valence-electron chi connectivity index (χ0n) is 10.9. The van der Waals surface area contributed by atoms with E-state index in [1.807, 2.05) is 13.8 Å². The van der Waals surface area contributed by atoms with E-state index in [2.05, 4.69) is 0 Å². The number of nitro benzene ring substituents is 1. The Morgan fingerprint density at radius 3 is 2.63 bits per heavy atom. The lowest BCUT2D eigenvalue weighted by Gasteiger charge is -2.21. The highest BCUT2D eigenvalue weighted by Gasteiger charge is 2.27. The van der Waals surface area contributed by atoms with E-state index in [4.69, 9.17) is 16.4 Å². The number of nitro groups is 1. The van der Waals surface area contributed by atoms with E-state index in [-0.39, 0.29) is 16.5 Å². The Morgan fingerprint density at radius 1 is 1.53 bits per heavy atom. The molecule has 0 N–H and O–H groups in total. The summed E-state index contributed by atoms with van der Waals surface area (Å²) < 4.78 is 0. The summed E-state index contributed by atoms with van der Waals surface area (Å²) in [4.78, 5) is 27.5. The number of benzene rings is 1. The normalized spacial score (nSPS) is 10.6. The van der Waals surface area contributed by atoms with Crippen LogP contribution in [-0.2, 0) is 4.84 Å². The van der Waals surface area contributed by atoms with Gasteiger partial charge in [-0.1, -0.05) is 31.5 Å². The molecule has 1 amide bonds. The third kappa shape index (κ3) is 3.65. The van der Waals surface area contributed by atoms with Crippen molar-refractivity contribution in [3.8, 4) is 0 Å². The maximum atomic E-state index is 12.2. The first-order valence-corrected chi connectivity index (χ1v) is 6.05. The molecule has 0 saturated heterocycles. The lowest BCUT2D eigenvalue weighted by atomic mass is 10.1. The Morgan fingerprint density at radius 2 is 2.16 bits per heavy atom. The van der Waals surface area contributed by atoms with Crippen molar-refractivity contribution in [2.75, 3.05) is 13.7 Å². The molecule has 1 aromatic carbocycles. The van der Waals surface area contributed by atoms with Gasteiger partial charge in [0.15, 0.2) is 0 Å². The van der Waals surface area contributed by atoms with Gasteiger partial charge in [0.1, 0.15) is 10.6 Å². The molecule has 0 aliphatic rings. The number of carbonyl (C=O) groups is 1. The summed E-state index contributed by atoms with van der Waals surface area (Å²) >= 11 is 5.77. The molecule has 0 fully saturated rings. The van der Waals surface area contributed by atoms with E-state index in [0.29, 0.717) is 6.54 Å². The molecule has 19 heavy (non-hydrogen) atoms. The van der Waals surface area contributed by atoms with Crippen LogP contribution in [0.2, 0.25) is 5.02 Å². The fraction of sp³-hybridized carbons (Fsp3) is 0.417. The lowest BCUT2D eigenvalue weighted by molar-refractivity contribution is -0.385. The Bertz CT molecular complexity index is 491. The highest BCUT2D eigenvalue weighted by Crippen LogP contribution is 2.29. The number of para-hydroxylation sites is 1.